The summed E-state index contributed by atoms with van der Waals surface area (Å²) in [5.41, 5.74) is -0.679. The molecule has 108 valence electrons. The second kappa shape index (κ2) is 5.53. The molecule has 0 heterocycles. The van der Waals surface area contributed by atoms with Crippen LogP contribution in [0, 0.1) is 0 Å². The van der Waals surface area contributed by atoms with Crippen LogP contribution in [0.1, 0.15) is 43.5 Å². The first-order valence-electron chi connectivity index (χ1n) is 6.75. The Morgan fingerprint density at radius 2 is 2.05 bits per heavy atom. The average molecular weight is 277 g/mol. The number of aliphatic carboxylic acids is 1. The molecule has 2 N–H and O–H groups in total. The van der Waals surface area contributed by atoms with Crippen LogP contribution in [0.15, 0.2) is 24.3 Å². The minimum Gasteiger partial charge on any atom is -0.491 e. The van der Waals surface area contributed by atoms with E-state index >= 15 is 0 Å². The van der Waals surface area contributed by atoms with E-state index in [1.165, 1.54) is 0 Å². The first-order chi connectivity index (χ1) is 9.43. The van der Waals surface area contributed by atoms with Gasteiger partial charge >= 0.3 is 5.97 Å². The predicted molar refractivity (Wildman–Crippen MR) is 73.9 cm³/mol. The van der Waals surface area contributed by atoms with Crippen LogP contribution >= 0.6 is 0 Å². The molecule has 5 heteroatoms. The quantitative estimate of drug-likeness (QED) is 0.865. The second-order valence-corrected chi connectivity index (χ2v) is 5.39. The molecule has 1 aromatic carbocycles. The first kappa shape index (κ1) is 14.4. The van der Waals surface area contributed by atoms with E-state index in [1.807, 2.05) is 13.8 Å². The van der Waals surface area contributed by atoms with Crippen LogP contribution in [-0.2, 0) is 4.79 Å². The molecule has 0 bridgehead atoms. The van der Waals surface area contributed by atoms with Crippen molar-refractivity contribution >= 4 is 11.9 Å². The number of hydrogen-bond acceptors (Lipinski definition) is 3. The monoisotopic (exact) mass is 277 g/mol. The van der Waals surface area contributed by atoms with E-state index in [1.54, 1.807) is 24.3 Å². The molecule has 5 nitrogen and oxygen atoms in total. The second-order valence-electron chi connectivity index (χ2n) is 5.39. The minimum atomic E-state index is -1.09. The number of ether oxygens (including phenoxy) is 1. The van der Waals surface area contributed by atoms with E-state index < -0.39 is 11.5 Å². The maximum absolute atomic E-state index is 12.2. The fourth-order valence-corrected chi connectivity index (χ4v) is 2.19. The molecule has 2 rings (SSSR count). The number of amides is 1. The van der Waals surface area contributed by atoms with Crippen LogP contribution in [0.5, 0.6) is 5.75 Å². The predicted octanol–water partition coefficient (Wildman–Crippen LogP) is 2.21. The maximum Gasteiger partial charge on any atom is 0.329 e. The van der Waals surface area contributed by atoms with E-state index in [4.69, 9.17) is 4.74 Å². The van der Waals surface area contributed by atoms with Crippen molar-refractivity contribution in [3.63, 3.8) is 0 Å². The zero-order valence-corrected chi connectivity index (χ0v) is 11.7. The average Bonchev–Trinajstić information content (AvgIpc) is 2.32. The van der Waals surface area contributed by atoms with Crippen LogP contribution in [0.25, 0.3) is 0 Å². The molecule has 1 aliphatic rings. The van der Waals surface area contributed by atoms with Crippen molar-refractivity contribution in [1.29, 1.82) is 0 Å². The molecular formula is C15H19NO4. The standard InChI is InChI=1S/C15H19NO4/c1-10(2)20-12-6-3-5-11(9-12)13(17)16-15(14(18)19)7-4-8-15/h3,5-6,9-10H,4,7-8H2,1-2H3,(H,16,17)(H,18,19). The number of carboxylic acids is 1. The van der Waals surface area contributed by atoms with E-state index in [-0.39, 0.29) is 12.0 Å². The van der Waals surface area contributed by atoms with Crippen molar-refractivity contribution in [2.24, 2.45) is 0 Å². The molecule has 1 amide bonds. The van der Waals surface area contributed by atoms with Gasteiger partial charge in [-0.3, -0.25) is 4.79 Å². The topological polar surface area (TPSA) is 75.6 Å². The SMILES string of the molecule is CC(C)Oc1cccc(C(=O)NC2(C(=O)O)CCC2)c1. The summed E-state index contributed by atoms with van der Waals surface area (Å²) in [7, 11) is 0. The first-order valence-corrected chi connectivity index (χ1v) is 6.75. The molecule has 0 atom stereocenters. The Morgan fingerprint density at radius 1 is 1.35 bits per heavy atom. The number of carbonyl (C=O) groups excluding carboxylic acids is 1. The Bertz CT molecular complexity index is 520. The number of nitrogens with one attached hydrogen (secondary N) is 1. The van der Waals surface area contributed by atoms with Gasteiger partial charge in [0.25, 0.3) is 5.91 Å². The van der Waals surface area contributed by atoms with Gasteiger partial charge in [-0.25, -0.2) is 4.79 Å². The molecule has 0 aromatic heterocycles. The molecule has 1 saturated carbocycles. The molecule has 1 fully saturated rings. The lowest BCUT2D eigenvalue weighted by Crippen LogP contribution is -2.59. The normalized spacial score (nSPS) is 16.4. The molecule has 0 aliphatic heterocycles. The van der Waals surface area contributed by atoms with Gasteiger partial charge in [0.05, 0.1) is 6.10 Å². The van der Waals surface area contributed by atoms with Crippen molar-refractivity contribution in [2.75, 3.05) is 0 Å². The Kier molecular flexibility index (Phi) is 3.97. The highest BCUT2D eigenvalue weighted by Gasteiger charge is 2.45. The summed E-state index contributed by atoms with van der Waals surface area (Å²) in [5, 5.41) is 11.8. The summed E-state index contributed by atoms with van der Waals surface area (Å²) in [6, 6.07) is 6.77. The van der Waals surface area contributed by atoms with Crippen molar-refractivity contribution in [3.8, 4) is 5.75 Å². The Hall–Kier alpha value is -2.04. The highest BCUT2D eigenvalue weighted by molar-refractivity contribution is 5.98. The van der Waals surface area contributed by atoms with Crippen LogP contribution in [0.3, 0.4) is 0 Å². The third-order valence-corrected chi connectivity index (χ3v) is 3.44. The Labute approximate surface area is 117 Å². The summed E-state index contributed by atoms with van der Waals surface area (Å²) >= 11 is 0. The van der Waals surface area contributed by atoms with Gasteiger partial charge in [-0.1, -0.05) is 6.07 Å². The number of carbonyl (C=O) groups is 2. The van der Waals surface area contributed by atoms with E-state index in [0.29, 0.717) is 24.2 Å². The largest absolute Gasteiger partial charge is 0.491 e. The highest BCUT2D eigenvalue weighted by atomic mass is 16.5. The summed E-state index contributed by atoms with van der Waals surface area (Å²) in [6.45, 7) is 3.81. The molecule has 0 radical (unpaired) electrons. The fraction of sp³-hybridized carbons (Fsp3) is 0.467. The summed E-state index contributed by atoms with van der Waals surface area (Å²) in [5.74, 6) is -0.737. The highest BCUT2D eigenvalue weighted by Crippen LogP contribution is 2.32. The summed E-state index contributed by atoms with van der Waals surface area (Å²) in [4.78, 5) is 23.4. The fourth-order valence-electron chi connectivity index (χ4n) is 2.19. The van der Waals surface area contributed by atoms with Gasteiger partial charge in [0.2, 0.25) is 0 Å². The van der Waals surface area contributed by atoms with Gasteiger partial charge in [-0.15, -0.1) is 0 Å². The van der Waals surface area contributed by atoms with E-state index in [2.05, 4.69) is 5.32 Å². The van der Waals surface area contributed by atoms with Crippen LogP contribution in [0.2, 0.25) is 0 Å². The molecule has 0 saturated heterocycles. The summed E-state index contributed by atoms with van der Waals surface area (Å²) < 4.78 is 5.53. The maximum atomic E-state index is 12.2. The van der Waals surface area contributed by atoms with Gasteiger partial charge in [0, 0.05) is 5.56 Å². The summed E-state index contributed by atoms with van der Waals surface area (Å²) in [6.07, 6.45) is 1.81. The van der Waals surface area contributed by atoms with Gasteiger partial charge in [-0.05, 0) is 51.3 Å². The third kappa shape index (κ3) is 2.92. The minimum absolute atomic E-state index is 0.0188. The molecule has 1 aromatic rings. The Balaban J connectivity index is 2.11. The number of rotatable bonds is 5. The third-order valence-electron chi connectivity index (χ3n) is 3.44. The van der Waals surface area contributed by atoms with Gasteiger partial charge in [0.1, 0.15) is 11.3 Å². The molecule has 1 aliphatic carbocycles. The lowest BCUT2D eigenvalue weighted by molar-refractivity contribution is -0.148. The van der Waals surface area contributed by atoms with Gasteiger partial charge in [-0.2, -0.15) is 0 Å². The lowest BCUT2D eigenvalue weighted by atomic mass is 9.76. The van der Waals surface area contributed by atoms with Crippen LogP contribution < -0.4 is 10.1 Å². The van der Waals surface area contributed by atoms with Gasteiger partial charge in [0.15, 0.2) is 0 Å². The van der Waals surface area contributed by atoms with Crippen molar-refractivity contribution in [2.45, 2.75) is 44.8 Å². The number of benzene rings is 1. The molecule has 0 unspecified atom stereocenters. The smallest absolute Gasteiger partial charge is 0.329 e. The lowest BCUT2D eigenvalue weighted by Gasteiger charge is -2.38. The molecule has 20 heavy (non-hydrogen) atoms. The number of carboxylic acid groups (broad SMARTS) is 1. The Morgan fingerprint density at radius 3 is 2.55 bits per heavy atom. The van der Waals surface area contributed by atoms with E-state index in [0.717, 1.165) is 6.42 Å². The zero-order chi connectivity index (χ0) is 14.8. The van der Waals surface area contributed by atoms with Crippen LogP contribution in [0.4, 0.5) is 0 Å². The van der Waals surface area contributed by atoms with Crippen molar-refractivity contribution in [1.82, 2.24) is 5.32 Å². The molecule has 0 spiro atoms. The molecular weight excluding hydrogens is 258 g/mol. The number of hydrogen-bond donors (Lipinski definition) is 2. The van der Waals surface area contributed by atoms with Crippen LogP contribution in [-0.4, -0.2) is 28.6 Å². The van der Waals surface area contributed by atoms with Gasteiger partial charge < -0.3 is 15.2 Å². The van der Waals surface area contributed by atoms with Crippen molar-refractivity contribution < 1.29 is 19.4 Å². The zero-order valence-electron chi connectivity index (χ0n) is 11.7. The van der Waals surface area contributed by atoms with Crippen molar-refractivity contribution in [3.05, 3.63) is 29.8 Å². The van der Waals surface area contributed by atoms with E-state index in [9.17, 15) is 14.7 Å².